The van der Waals surface area contributed by atoms with Crippen LogP contribution in [0.3, 0.4) is 0 Å². The molecule has 1 amide bonds. The highest BCUT2D eigenvalue weighted by molar-refractivity contribution is 5.79. The molecule has 1 unspecified atom stereocenters. The SMILES string of the molecule is N#CC1CCCN1C(=O)CNC1(CO)CCC2(CCOCC2)CC1. The van der Waals surface area contributed by atoms with Crippen molar-refractivity contribution in [2.75, 3.05) is 32.9 Å². The normalized spacial score (nSPS) is 28.7. The Hall–Kier alpha value is -1.16. The van der Waals surface area contributed by atoms with Crippen molar-refractivity contribution in [3.05, 3.63) is 0 Å². The van der Waals surface area contributed by atoms with E-state index in [-0.39, 0.29) is 30.6 Å². The lowest BCUT2D eigenvalue weighted by Crippen LogP contribution is -2.56. The first-order chi connectivity index (χ1) is 11.6. The van der Waals surface area contributed by atoms with Gasteiger partial charge in [0.1, 0.15) is 6.04 Å². The minimum absolute atomic E-state index is 0.0155. The number of aliphatic hydroxyl groups excluding tert-OH is 1. The van der Waals surface area contributed by atoms with Gasteiger partial charge in [0.25, 0.3) is 0 Å². The van der Waals surface area contributed by atoms with E-state index in [1.807, 2.05) is 0 Å². The van der Waals surface area contributed by atoms with Crippen molar-refractivity contribution in [3.63, 3.8) is 0 Å². The molecule has 1 atom stereocenters. The number of carbonyl (C=O) groups is 1. The standard InChI is InChI=1S/C18H29N3O3/c19-12-15-2-1-9-21(15)16(23)13-20-18(14-22)5-3-17(4-6-18)7-10-24-11-8-17/h15,20,22H,1-11,13-14H2. The van der Waals surface area contributed by atoms with Gasteiger partial charge in [-0.25, -0.2) is 0 Å². The summed E-state index contributed by atoms with van der Waals surface area (Å²) in [6, 6.07) is 1.93. The summed E-state index contributed by atoms with van der Waals surface area (Å²) in [7, 11) is 0. The molecule has 3 aliphatic rings. The third-order valence-corrected chi connectivity index (χ3v) is 6.46. The molecular weight excluding hydrogens is 306 g/mol. The number of amides is 1. The number of carbonyl (C=O) groups excluding carboxylic acids is 1. The van der Waals surface area contributed by atoms with Crippen LogP contribution in [0.1, 0.15) is 51.4 Å². The summed E-state index contributed by atoms with van der Waals surface area (Å²) in [5, 5.41) is 22.4. The minimum Gasteiger partial charge on any atom is -0.394 e. The smallest absolute Gasteiger partial charge is 0.237 e. The van der Waals surface area contributed by atoms with Gasteiger partial charge in [0, 0.05) is 25.3 Å². The summed E-state index contributed by atoms with van der Waals surface area (Å²) < 4.78 is 5.49. The number of ether oxygens (including phenoxy) is 1. The number of aliphatic hydroxyl groups is 1. The Balaban J connectivity index is 1.53. The third-order valence-electron chi connectivity index (χ3n) is 6.46. The van der Waals surface area contributed by atoms with E-state index < -0.39 is 0 Å². The zero-order valence-corrected chi connectivity index (χ0v) is 14.4. The highest BCUT2D eigenvalue weighted by Gasteiger charge is 2.43. The van der Waals surface area contributed by atoms with Gasteiger partial charge in [-0.1, -0.05) is 0 Å². The van der Waals surface area contributed by atoms with Crippen molar-refractivity contribution in [2.45, 2.75) is 62.9 Å². The van der Waals surface area contributed by atoms with Crippen molar-refractivity contribution in [1.82, 2.24) is 10.2 Å². The first-order valence-electron chi connectivity index (χ1n) is 9.25. The summed E-state index contributed by atoms with van der Waals surface area (Å²) in [4.78, 5) is 14.1. The van der Waals surface area contributed by atoms with Gasteiger partial charge in [-0.2, -0.15) is 5.26 Å². The number of nitriles is 1. The zero-order chi connectivity index (χ0) is 17.0. The van der Waals surface area contributed by atoms with E-state index in [0.29, 0.717) is 12.0 Å². The molecule has 2 saturated heterocycles. The Morgan fingerprint density at radius 2 is 1.96 bits per heavy atom. The van der Waals surface area contributed by atoms with Gasteiger partial charge in [0.05, 0.1) is 19.2 Å². The molecule has 2 aliphatic heterocycles. The van der Waals surface area contributed by atoms with Crippen molar-refractivity contribution < 1.29 is 14.6 Å². The maximum absolute atomic E-state index is 12.4. The lowest BCUT2D eigenvalue weighted by atomic mass is 9.64. The summed E-state index contributed by atoms with van der Waals surface area (Å²) in [5.74, 6) is -0.0155. The van der Waals surface area contributed by atoms with Crippen molar-refractivity contribution in [2.24, 2.45) is 5.41 Å². The quantitative estimate of drug-likeness (QED) is 0.806. The van der Waals surface area contributed by atoms with Crippen LogP contribution in [0.5, 0.6) is 0 Å². The Kier molecular flexibility index (Phi) is 5.43. The summed E-state index contributed by atoms with van der Waals surface area (Å²) in [5.41, 5.74) is 0.0323. The highest BCUT2D eigenvalue weighted by Crippen LogP contribution is 2.47. The van der Waals surface area contributed by atoms with Gasteiger partial charge in [-0.05, 0) is 56.8 Å². The number of hydrogen-bond acceptors (Lipinski definition) is 5. The Morgan fingerprint density at radius 3 is 2.58 bits per heavy atom. The molecule has 2 heterocycles. The number of likely N-dealkylation sites (tertiary alicyclic amines) is 1. The summed E-state index contributed by atoms with van der Waals surface area (Å²) in [6.07, 6.45) is 7.88. The van der Waals surface area contributed by atoms with E-state index >= 15 is 0 Å². The fourth-order valence-electron chi connectivity index (χ4n) is 4.52. The van der Waals surface area contributed by atoms with Crippen LogP contribution in [0.4, 0.5) is 0 Å². The van der Waals surface area contributed by atoms with Crippen LogP contribution < -0.4 is 5.32 Å². The molecule has 1 saturated carbocycles. The zero-order valence-electron chi connectivity index (χ0n) is 14.4. The molecule has 3 rings (SSSR count). The van der Waals surface area contributed by atoms with E-state index in [0.717, 1.165) is 64.6 Å². The maximum Gasteiger partial charge on any atom is 0.237 e. The van der Waals surface area contributed by atoms with Crippen LogP contribution in [0.25, 0.3) is 0 Å². The molecule has 0 aromatic rings. The molecule has 0 radical (unpaired) electrons. The average Bonchev–Trinajstić information content (AvgIpc) is 3.11. The maximum atomic E-state index is 12.4. The lowest BCUT2D eigenvalue weighted by molar-refractivity contribution is -0.131. The van der Waals surface area contributed by atoms with E-state index in [2.05, 4.69) is 11.4 Å². The molecule has 0 aromatic heterocycles. The fraction of sp³-hybridized carbons (Fsp3) is 0.889. The van der Waals surface area contributed by atoms with Crippen molar-refractivity contribution in [1.29, 1.82) is 5.26 Å². The van der Waals surface area contributed by atoms with Crippen LogP contribution in [0.15, 0.2) is 0 Å². The van der Waals surface area contributed by atoms with E-state index in [1.54, 1.807) is 4.90 Å². The van der Waals surface area contributed by atoms with E-state index in [1.165, 1.54) is 0 Å². The second-order valence-electron chi connectivity index (χ2n) is 7.78. The predicted octanol–water partition coefficient (Wildman–Crippen LogP) is 1.19. The Labute approximate surface area is 144 Å². The Bertz CT molecular complexity index is 486. The molecule has 6 nitrogen and oxygen atoms in total. The van der Waals surface area contributed by atoms with Crippen LogP contribution in [-0.2, 0) is 9.53 Å². The molecule has 0 bridgehead atoms. The lowest BCUT2D eigenvalue weighted by Gasteiger charge is -2.48. The molecule has 0 aromatic carbocycles. The molecule has 3 fully saturated rings. The molecule has 1 spiro atoms. The van der Waals surface area contributed by atoms with Crippen molar-refractivity contribution >= 4 is 5.91 Å². The van der Waals surface area contributed by atoms with Gasteiger partial charge >= 0.3 is 0 Å². The molecule has 24 heavy (non-hydrogen) atoms. The van der Waals surface area contributed by atoms with E-state index in [9.17, 15) is 9.90 Å². The van der Waals surface area contributed by atoms with Crippen LogP contribution >= 0.6 is 0 Å². The minimum atomic E-state index is -0.346. The van der Waals surface area contributed by atoms with Gasteiger partial charge < -0.3 is 20.1 Å². The molecule has 134 valence electrons. The second kappa shape index (κ2) is 7.38. The van der Waals surface area contributed by atoms with E-state index in [4.69, 9.17) is 10.00 Å². The monoisotopic (exact) mass is 335 g/mol. The second-order valence-corrected chi connectivity index (χ2v) is 7.78. The molecule has 1 aliphatic carbocycles. The van der Waals surface area contributed by atoms with Gasteiger partial charge in [-0.3, -0.25) is 4.79 Å². The van der Waals surface area contributed by atoms with Crippen LogP contribution in [-0.4, -0.2) is 60.4 Å². The third kappa shape index (κ3) is 3.58. The van der Waals surface area contributed by atoms with Gasteiger partial charge in [0.15, 0.2) is 0 Å². The first-order valence-corrected chi connectivity index (χ1v) is 9.25. The number of nitrogens with zero attached hydrogens (tertiary/aromatic N) is 2. The van der Waals surface area contributed by atoms with Gasteiger partial charge in [0.2, 0.25) is 5.91 Å². The number of nitrogens with one attached hydrogen (secondary N) is 1. The first kappa shape index (κ1) is 17.7. The van der Waals surface area contributed by atoms with Crippen molar-refractivity contribution in [3.8, 4) is 6.07 Å². The molecule has 6 heteroatoms. The topological polar surface area (TPSA) is 85.6 Å². The van der Waals surface area contributed by atoms with Crippen LogP contribution in [0, 0.1) is 16.7 Å². The largest absolute Gasteiger partial charge is 0.394 e. The van der Waals surface area contributed by atoms with Crippen LogP contribution in [0.2, 0.25) is 0 Å². The fourth-order valence-corrected chi connectivity index (χ4v) is 4.52. The predicted molar refractivity (Wildman–Crippen MR) is 89.1 cm³/mol. The highest BCUT2D eigenvalue weighted by atomic mass is 16.5. The number of hydrogen-bond donors (Lipinski definition) is 2. The summed E-state index contributed by atoms with van der Waals surface area (Å²) in [6.45, 7) is 2.66. The number of rotatable bonds is 4. The molecule has 2 N–H and O–H groups in total. The average molecular weight is 335 g/mol. The van der Waals surface area contributed by atoms with Gasteiger partial charge in [-0.15, -0.1) is 0 Å². The summed E-state index contributed by atoms with van der Waals surface area (Å²) >= 11 is 0. The molecular formula is C18H29N3O3. The Morgan fingerprint density at radius 1 is 1.25 bits per heavy atom.